The predicted octanol–water partition coefficient (Wildman–Crippen LogP) is 2.65. The lowest BCUT2D eigenvalue weighted by atomic mass is 10.1. The molecule has 0 aromatic rings. The highest BCUT2D eigenvalue weighted by molar-refractivity contribution is 7.58. The zero-order valence-corrected chi connectivity index (χ0v) is 10.5. The van der Waals surface area contributed by atoms with Crippen LogP contribution in [-0.2, 0) is 9.09 Å². The van der Waals surface area contributed by atoms with Crippen LogP contribution in [0.2, 0.25) is 0 Å². The molecule has 0 aliphatic heterocycles. The number of aliphatic hydroxyl groups excluding tert-OH is 1. The van der Waals surface area contributed by atoms with Crippen LogP contribution in [0.5, 0.6) is 0 Å². The van der Waals surface area contributed by atoms with Crippen molar-refractivity contribution in [2.45, 2.75) is 32.8 Å². The molecule has 0 aromatic heterocycles. The minimum Gasteiger partial charge on any atom is -0.389 e. The van der Waals surface area contributed by atoms with Crippen molar-refractivity contribution in [2.75, 3.05) is 18.9 Å². The number of allylic oxidation sites excluding steroid dienone is 1. The Hall–Kier alpha value is -0.110. The summed E-state index contributed by atoms with van der Waals surface area (Å²) in [7, 11) is -2.34. The summed E-state index contributed by atoms with van der Waals surface area (Å²) in [5.74, 6) is 0.391. The van der Waals surface area contributed by atoms with Crippen LogP contribution < -0.4 is 0 Å². The van der Waals surface area contributed by atoms with Gasteiger partial charge in [0.2, 0.25) is 7.37 Å². The van der Waals surface area contributed by atoms with Gasteiger partial charge in [0.1, 0.15) is 0 Å². The molecular weight excluding hydrogens is 211 g/mol. The Kier molecular flexibility index (Phi) is 5.04. The summed E-state index contributed by atoms with van der Waals surface area (Å²) in [6.45, 7) is 4.35. The highest BCUT2D eigenvalue weighted by atomic mass is 31.2. The predicted molar refractivity (Wildman–Crippen MR) is 62.5 cm³/mol. The first-order chi connectivity index (χ1) is 7.09. The molecule has 3 nitrogen and oxygen atoms in total. The van der Waals surface area contributed by atoms with Gasteiger partial charge in [-0.05, 0) is 18.8 Å². The van der Waals surface area contributed by atoms with Gasteiger partial charge in [-0.1, -0.05) is 26.0 Å². The number of hydrogen-bond acceptors (Lipinski definition) is 3. The highest BCUT2D eigenvalue weighted by Gasteiger charge is 2.20. The molecule has 0 heterocycles. The van der Waals surface area contributed by atoms with Crippen LogP contribution in [0.4, 0.5) is 0 Å². The van der Waals surface area contributed by atoms with Crippen LogP contribution in [-0.4, -0.2) is 30.1 Å². The molecule has 1 N–H and O–H groups in total. The molecule has 0 amide bonds. The summed E-state index contributed by atoms with van der Waals surface area (Å²) >= 11 is 0. The molecule has 0 saturated heterocycles. The minimum atomic E-state index is -2.34. The smallest absolute Gasteiger partial charge is 0.202 e. The van der Waals surface area contributed by atoms with Crippen molar-refractivity contribution in [1.29, 1.82) is 0 Å². The first-order valence-electron chi connectivity index (χ1n) is 5.68. The van der Waals surface area contributed by atoms with Crippen LogP contribution in [0.1, 0.15) is 26.7 Å². The van der Waals surface area contributed by atoms with Crippen molar-refractivity contribution < 1.29 is 14.2 Å². The zero-order chi connectivity index (χ0) is 11.3. The van der Waals surface area contributed by atoms with E-state index in [1.54, 1.807) is 0 Å². The zero-order valence-electron chi connectivity index (χ0n) is 9.56. The van der Waals surface area contributed by atoms with Crippen LogP contribution >= 0.6 is 7.37 Å². The van der Waals surface area contributed by atoms with Gasteiger partial charge in [-0.3, -0.25) is 4.57 Å². The van der Waals surface area contributed by atoms with E-state index in [0.717, 1.165) is 12.8 Å². The van der Waals surface area contributed by atoms with Crippen molar-refractivity contribution in [3.05, 3.63) is 12.2 Å². The maximum Gasteiger partial charge on any atom is 0.202 e. The summed E-state index contributed by atoms with van der Waals surface area (Å²) in [5, 5.41) is 9.27. The standard InChI is InChI=1S/C11H21O3P/c1-3-15(13,4-2)14-8-7-10-5-6-11(12)9-10/h5-6,10-12H,3-4,7-9H2,1-2H3. The summed E-state index contributed by atoms with van der Waals surface area (Å²) in [6.07, 6.45) is 6.43. The fourth-order valence-electron chi connectivity index (χ4n) is 1.74. The first kappa shape index (κ1) is 13.0. The molecule has 0 aromatic carbocycles. The molecule has 1 aliphatic rings. The van der Waals surface area contributed by atoms with Crippen molar-refractivity contribution in [1.82, 2.24) is 0 Å². The summed E-state index contributed by atoms with van der Waals surface area (Å²) < 4.78 is 17.4. The van der Waals surface area contributed by atoms with Gasteiger partial charge < -0.3 is 9.63 Å². The normalized spacial score (nSPS) is 26.1. The van der Waals surface area contributed by atoms with Crippen LogP contribution in [0.3, 0.4) is 0 Å². The Labute approximate surface area is 92.0 Å². The highest BCUT2D eigenvalue weighted by Crippen LogP contribution is 2.46. The third-order valence-corrected chi connectivity index (χ3v) is 5.51. The third kappa shape index (κ3) is 4.10. The van der Waals surface area contributed by atoms with E-state index < -0.39 is 7.37 Å². The Balaban J connectivity index is 2.22. The summed E-state index contributed by atoms with van der Waals surface area (Å²) in [6, 6.07) is 0. The Morgan fingerprint density at radius 3 is 2.53 bits per heavy atom. The minimum absolute atomic E-state index is 0.292. The van der Waals surface area contributed by atoms with Gasteiger partial charge in [-0.25, -0.2) is 0 Å². The van der Waals surface area contributed by atoms with Crippen LogP contribution in [0.25, 0.3) is 0 Å². The van der Waals surface area contributed by atoms with Gasteiger partial charge in [-0.15, -0.1) is 0 Å². The Bertz CT molecular complexity index is 255. The van der Waals surface area contributed by atoms with Crippen molar-refractivity contribution >= 4 is 7.37 Å². The second-order valence-electron chi connectivity index (χ2n) is 4.02. The molecule has 0 saturated carbocycles. The van der Waals surface area contributed by atoms with Gasteiger partial charge in [0.05, 0.1) is 12.7 Å². The monoisotopic (exact) mass is 232 g/mol. The van der Waals surface area contributed by atoms with Gasteiger partial charge in [0.15, 0.2) is 0 Å². The molecule has 1 aliphatic carbocycles. The SMILES string of the molecule is CCP(=O)(CC)OCCC1C=CC(O)C1. The lowest BCUT2D eigenvalue weighted by molar-refractivity contribution is 0.201. The fourth-order valence-corrected chi connectivity index (χ4v) is 2.99. The van der Waals surface area contributed by atoms with E-state index >= 15 is 0 Å². The van der Waals surface area contributed by atoms with E-state index in [1.165, 1.54) is 0 Å². The van der Waals surface area contributed by atoms with Crippen molar-refractivity contribution in [2.24, 2.45) is 5.92 Å². The molecule has 2 unspecified atom stereocenters. The second kappa shape index (κ2) is 5.83. The van der Waals surface area contributed by atoms with E-state index in [-0.39, 0.29) is 6.10 Å². The molecular formula is C11H21O3P. The van der Waals surface area contributed by atoms with E-state index in [9.17, 15) is 9.67 Å². The third-order valence-electron chi connectivity index (χ3n) is 2.93. The second-order valence-corrected chi connectivity index (χ2v) is 7.17. The average molecular weight is 232 g/mol. The molecule has 2 atom stereocenters. The molecule has 0 radical (unpaired) electrons. The summed E-state index contributed by atoms with van der Waals surface area (Å²) in [5.41, 5.74) is 0. The molecule has 0 bridgehead atoms. The molecule has 0 spiro atoms. The van der Waals surface area contributed by atoms with Crippen LogP contribution in [0.15, 0.2) is 12.2 Å². The van der Waals surface area contributed by atoms with E-state index in [4.69, 9.17) is 4.52 Å². The molecule has 0 fully saturated rings. The molecule has 88 valence electrons. The Morgan fingerprint density at radius 1 is 1.40 bits per heavy atom. The van der Waals surface area contributed by atoms with Gasteiger partial charge in [0.25, 0.3) is 0 Å². The maximum atomic E-state index is 11.9. The van der Waals surface area contributed by atoms with Crippen molar-refractivity contribution in [3.8, 4) is 0 Å². The van der Waals surface area contributed by atoms with E-state index in [0.29, 0.717) is 24.8 Å². The van der Waals surface area contributed by atoms with Crippen LogP contribution in [0, 0.1) is 5.92 Å². The van der Waals surface area contributed by atoms with Gasteiger partial charge >= 0.3 is 0 Å². The topological polar surface area (TPSA) is 46.5 Å². The summed E-state index contributed by atoms with van der Waals surface area (Å²) in [4.78, 5) is 0. The lowest BCUT2D eigenvalue weighted by Gasteiger charge is -2.16. The Morgan fingerprint density at radius 2 is 2.07 bits per heavy atom. The maximum absolute atomic E-state index is 11.9. The molecule has 4 heteroatoms. The van der Waals surface area contributed by atoms with E-state index in [1.807, 2.05) is 26.0 Å². The largest absolute Gasteiger partial charge is 0.389 e. The first-order valence-corrected chi connectivity index (χ1v) is 7.68. The van der Waals surface area contributed by atoms with Gasteiger partial charge in [0, 0.05) is 12.3 Å². The van der Waals surface area contributed by atoms with Crippen molar-refractivity contribution in [3.63, 3.8) is 0 Å². The van der Waals surface area contributed by atoms with Gasteiger partial charge in [-0.2, -0.15) is 0 Å². The molecule has 1 rings (SSSR count). The number of aliphatic hydroxyl groups is 1. The fraction of sp³-hybridized carbons (Fsp3) is 0.818. The average Bonchev–Trinajstić information content (AvgIpc) is 2.64. The molecule has 15 heavy (non-hydrogen) atoms. The number of hydrogen-bond donors (Lipinski definition) is 1. The lowest BCUT2D eigenvalue weighted by Crippen LogP contribution is -2.05. The quantitative estimate of drug-likeness (QED) is 0.565. The van der Waals surface area contributed by atoms with E-state index in [2.05, 4.69) is 0 Å². The number of rotatable bonds is 6.